The van der Waals surface area contributed by atoms with Gasteiger partial charge >= 0.3 is 0 Å². The first-order valence-corrected chi connectivity index (χ1v) is 3.38. The highest BCUT2D eigenvalue weighted by Crippen LogP contribution is 2.21. The third-order valence-corrected chi connectivity index (χ3v) is 1.84. The smallest absolute Gasteiger partial charge is 0.134 e. The fraction of sp³-hybridized carbons (Fsp3) is 0.429. The van der Waals surface area contributed by atoms with Crippen molar-refractivity contribution in [2.24, 2.45) is 0 Å². The van der Waals surface area contributed by atoms with Crippen LogP contribution in [0.2, 0.25) is 0 Å². The van der Waals surface area contributed by atoms with E-state index in [0.29, 0.717) is 0 Å². The van der Waals surface area contributed by atoms with Gasteiger partial charge < -0.3 is 4.90 Å². The molecule has 1 aliphatic heterocycles. The summed E-state index contributed by atoms with van der Waals surface area (Å²) in [7, 11) is 2.05. The van der Waals surface area contributed by atoms with Gasteiger partial charge in [0.25, 0.3) is 0 Å². The van der Waals surface area contributed by atoms with E-state index in [9.17, 15) is 0 Å². The van der Waals surface area contributed by atoms with Crippen LogP contribution in [0.5, 0.6) is 0 Å². The minimum absolute atomic E-state index is 1.08. The van der Waals surface area contributed by atoms with Gasteiger partial charge in [0.05, 0.1) is 0 Å². The van der Waals surface area contributed by atoms with Gasteiger partial charge in [0, 0.05) is 25.4 Å². The summed E-state index contributed by atoms with van der Waals surface area (Å²) in [6.07, 6.45) is 4.58. The van der Waals surface area contributed by atoms with Gasteiger partial charge in [-0.3, -0.25) is 0 Å². The van der Waals surface area contributed by atoms with Crippen LogP contribution in [-0.4, -0.2) is 23.6 Å². The average molecular weight is 135 g/mol. The zero-order valence-corrected chi connectivity index (χ0v) is 5.91. The van der Waals surface area contributed by atoms with Crippen molar-refractivity contribution in [1.29, 1.82) is 0 Å². The molecule has 52 valence electrons. The number of anilines is 1. The lowest BCUT2D eigenvalue weighted by atomic mass is 10.3. The van der Waals surface area contributed by atoms with Gasteiger partial charge in [0.1, 0.15) is 12.1 Å². The third-order valence-electron chi connectivity index (χ3n) is 1.84. The van der Waals surface area contributed by atoms with Crippen LogP contribution in [0.25, 0.3) is 0 Å². The lowest BCUT2D eigenvalue weighted by Gasteiger charge is -2.08. The molecule has 1 aliphatic rings. The number of aromatic nitrogens is 2. The van der Waals surface area contributed by atoms with E-state index < -0.39 is 0 Å². The highest BCUT2D eigenvalue weighted by atomic mass is 15.2. The second-order valence-corrected chi connectivity index (χ2v) is 2.54. The minimum Gasteiger partial charge on any atom is -0.359 e. The molecule has 0 aromatic carbocycles. The minimum atomic E-state index is 1.08. The highest BCUT2D eigenvalue weighted by molar-refractivity contribution is 5.49. The van der Waals surface area contributed by atoms with Crippen LogP contribution in [0.1, 0.15) is 5.56 Å². The zero-order chi connectivity index (χ0) is 6.97. The molecular weight excluding hydrogens is 126 g/mol. The molecule has 2 rings (SSSR count). The Morgan fingerprint density at radius 1 is 1.60 bits per heavy atom. The number of rotatable bonds is 0. The van der Waals surface area contributed by atoms with Gasteiger partial charge in [-0.15, -0.1) is 0 Å². The van der Waals surface area contributed by atoms with Crippen LogP contribution in [0.15, 0.2) is 12.5 Å². The molecule has 0 N–H and O–H groups in total. The zero-order valence-electron chi connectivity index (χ0n) is 5.91. The fourth-order valence-electron chi connectivity index (χ4n) is 1.27. The molecule has 0 fully saturated rings. The van der Waals surface area contributed by atoms with Gasteiger partial charge in [-0.2, -0.15) is 0 Å². The van der Waals surface area contributed by atoms with Crippen molar-refractivity contribution in [2.45, 2.75) is 6.42 Å². The first-order valence-electron chi connectivity index (χ1n) is 3.38. The van der Waals surface area contributed by atoms with E-state index in [2.05, 4.69) is 21.9 Å². The lowest BCUT2D eigenvalue weighted by molar-refractivity contribution is 0.945. The summed E-state index contributed by atoms with van der Waals surface area (Å²) in [6, 6.07) is 0. The highest BCUT2D eigenvalue weighted by Gasteiger charge is 2.15. The maximum Gasteiger partial charge on any atom is 0.134 e. The second-order valence-electron chi connectivity index (χ2n) is 2.54. The van der Waals surface area contributed by atoms with Crippen molar-refractivity contribution in [3.63, 3.8) is 0 Å². The molecular formula is C7H9N3. The summed E-state index contributed by atoms with van der Waals surface area (Å²) in [4.78, 5) is 10.3. The van der Waals surface area contributed by atoms with E-state index in [1.807, 2.05) is 6.20 Å². The Bertz CT molecular complexity index is 246. The van der Waals surface area contributed by atoms with Crippen molar-refractivity contribution in [3.8, 4) is 0 Å². The van der Waals surface area contributed by atoms with E-state index in [4.69, 9.17) is 0 Å². The van der Waals surface area contributed by atoms with Crippen LogP contribution in [0.3, 0.4) is 0 Å². The molecule has 3 heteroatoms. The third kappa shape index (κ3) is 0.667. The Morgan fingerprint density at radius 3 is 3.30 bits per heavy atom. The number of hydrogen-bond acceptors (Lipinski definition) is 3. The molecule has 0 aliphatic carbocycles. The van der Waals surface area contributed by atoms with Crippen LogP contribution in [0, 0.1) is 0 Å². The van der Waals surface area contributed by atoms with Crippen LogP contribution < -0.4 is 4.90 Å². The summed E-state index contributed by atoms with van der Waals surface area (Å²) >= 11 is 0. The fourth-order valence-corrected chi connectivity index (χ4v) is 1.27. The predicted octanol–water partition coefficient (Wildman–Crippen LogP) is 0.469. The number of nitrogens with zero attached hydrogens (tertiary/aromatic N) is 3. The van der Waals surface area contributed by atoms with Crippen molar-refractivity contribution in [2.75, 3.05) is 18.5 Å². The molecule has 1 aromatic rings. The monoisotopic (exact) mass is 135 g/mol. The molecule has 0 amide bonds. The van der Waals surface area contributed by atoms with E-state index in [1.54, 1.807) is 6.33 Å². The van der Waals surface area contributed by atoms with Crippen molar-refractivity contribution < 1.29 is 0 Å². The molecule has 0 saturated carbocycles. The summed E-state index contributed by atoms with van der Waals surface area (Å²) in [5.41, 5.74) is 1.27. The van der Waals surface area contributed by atoms with E-state index in [1.165, 1.54) is 5.56 Å². The van der Waals surface area contributed by atoms with Crippen molar-refractivity contribution in [3.05, 3.63) is 18.1 Å². The maximum absolute atomic E-state index is 4.16. The van der Waals surface area contributed by atoms with E-state index in [-0.39, 0.29) is 0 Å². The Balaban J connectivity index is 2.51. The molecule has 0 atom stereocenters. The Morgan fingerprint density at radius 2 is 2.50 bits per heavy atom. The molecule has 0 radical (unpaired) electrons. The number of hydrogen-bond donors (Lipinski definition) is 0. The average Bonchev–Trinajstić information content (AvgIpc) is 2.34. The van der Waals surface area contributed by atoms with Crippen LogP contribution >= 0.6 is 0 Å². The maximum atomic E-state index is 4.16. The number of fused-ring (bicyclic) bond motifs is 1. The summed E-state index contributed by atoms with van der Waals surface area (Å²) in [5, 5.41) is 0. The first-order chi connectivity index (χ1) is 4.88. The van der Waals surface area contributed by atoms with Gasteiger partial charge in [0.2, 0.25) is 0 Å². The number of likely N-dealkylation sites (N-methyl/N-ethyl adjacent to an activating group) is 1. The Labute approximate surface area is 59.7 Å². The molecule has 1 aromatic heterocycles. The van der Waals surface area contributed by atoms with Gasteiger partial charge in [-0.25, -0.2) is 9.97 Å². The molecule has 10 heavy (non-hydrogen) atoms. The van der Waals surface area contributed by atoms with Crippen molar-refractivity contribution >= 4 is 5.82 Å². The largest absolute Gasteiger partial charge is 0.359 e. The van der Waals surface area contributed by atoms with E-state index in [0.717, 1.165) is 18.8 Å². The summed E-state index contributed by atoms with van der Waals surface area (Å²) < 4.78 is 0. The molecule has 0 bridgehead atoms. The topological polar surface area (TPSA) is 29.0 Å². The van der Waals surface area contributed by atoms with E-state index >= 15 is 0 Å². The Hall–Kier alpha value is -1.12. The molecule has 0 saturated heterocycles. The summed E-state index contributed by atoms with van der Waals surface area (Å²) in [6.45, 7) is 1.08. The van der Waals surface area contributed by atoms with Crippen LogP contribution in [-0.2, 0) is 6.42 Å². The quantitative estimate of drug-likeness (QED) is 0.517. The summed E-state index contributed by atoms with van der Waals surface area (Å²) in [5.74, 6) is 1.09. The Kier molecular flexibility index (Phi) is 1.09. The normalized spacial score (nSPS) is 15.5. The predicted molar refractivity (Wildman–Crippen MR) is 39.0 cm³/mol. The molecule has 3 nitrogen and oxygen atoms in total. The molecule has 0 unspecified atom stereocenters. The van der Waals surface area contributed by atoms with Gasteiger partial charge in [-0.05, 0) is 6.42 Å². The standard InChI is InChI=1S/C7H9N3/c1-10-3-2-6-4-8-5-9-7(6)10/h4-5H,2-3H2,1H3. The lowest BCUT2D eigenvalue weighted by Crippen LogP contribution is -2.13. The first kappa shape index (κ1) is 5.65. The van der Waals surface area contributed by atoms with Crippen LogP contribution in [0.4, 0.5) is 5.82 Å². The second kappa shape index (κ2) is 1.94. The van der Waals surface area contributed by atoms with Crippen molar-refractivity contribution in [1.82, 2.24) is 9.97 Å². The van der Waals surface area contributed by atoms with Gasteiger partial charge in [-0.1, -0.05) is 0 Å². The van der Waals surface area contributed by atoms with Gasteiger partial charge in [0.15, 0.2) is 0 Å². The molecule has 2 heterocycles. The SMILES string of the molecule is CN1CCc2cncnc21. The molecule has 0 spiro atoms.